The molecule has 1 heterocycles. The highest BCUT2D eigenvalue weighted by atomic mass is 16.6. The van der Waals surface area contributed by atoms with Crippen LogP contribution in [0.25, 0.3) is 0 Å². The van der Waals surface area contributed by atoms with E-state index in [4.69, 9.17) is 9.47 Å². The number of hydrogen-bond donors (Lipinski definition) is 1. The maximum atomic E-state index is 12.3. The Kier molecular flexibility index (Phi) is 4.18. The van der Waals surface area contributed by atoms with E-state index < -0.39 is 5.60 Å². The molecule has 5 heteroatoms. The van der Waals surface area contributed by atoms with Gasteiger partial charge in [0.15, 0.2) is 0 Å². The summed E-state index contributed by atoms with van der Waals surface area (Å²) in [6, 6.07) is 5.86. The lowest BCUT2D eigenvalue weighted by molar-refractivity contribution is 0.0568. The molecular formula is C15H22N2O3. The first kappa shape index (κ1) is 14.7. The standard InChI is InChI=1S/C15H22N2O3/c1-15(2,3)20-14(18)17-7-8-19-13-6-5-11(10-16-4)9-12(13)17/h5-6,9,16H,7-8,10H2,1-4H3. The number of ether oxygens (including phenoxy) is 2. The molecule has 1 aliphatic heterocycles. The van der Waals surface area contributed by atoms with Crippen molar-refractivity contribution in [3.8, 4) is 5.75 Å². The van der Waals surface area contributed by atoms with Gasteiger partial charge in [0.1, 0.15) is 18.0 Å². The fourth-order valence-corrected chi connectivity index (χ4v) is 2.08. The Bertz CT molecular complexity index is 494. The number of carbonyl (C=O) groups excluding carboxylic acids is 1. The fraction of sp³-hybridized carbons (Fsp3) is 0.533. The molecule has 1 aliphatic rings. The fourth-order valence-electron chi connectivity index (χ4n) is 2.08. The maximum Gasteiger partial charge on any atom is 0.415 e. The summed E-state index contributed by atoms with van der Waals surface area (Å²) in [6.45, 7) is 7.33. The second kappa shape index (κ2) is 5.71. The Hall–Kier alpha value is -1.75. The number of benzene rings is 1. The maximum absolute atomic E-state index is 12.3. The minimum atomic E-state index is -0.502. The van der Waals surface area contributed by atoms with Gasteiger partial charge in [0.25, 0.3) is 0 Å². The quantitative estimate of drug-likeness (QED) is 0.903. The van der Waals surface area contributed by atoms with Crippen molar-refractivity contribution < 1.29 is 14.3 Å². The zero-order valence-electron chi connectivity index (χ0n) is 12.5. The lowest BCUT2D eigenvalue weighted by Crippen LogP contribution is -2.41. The molecule has 0 fully saturated rings. The highest BCUT2D eigenvalue weighted by Crippen LogP contribution is 2.33. The number of anilines is 1. The second-order valence-corrected chi connectivity index (χ2v) is 5.81. The largest absolute Gasteiger partial charge is 0.490 e. The van der Waals surface area contributed by atoms with Crippen LogP contribution in [0.2, 0.25) is 0 Å². The van der Waals surface area contributed by atoms with Gasteiger partial charge in [-0.1, -0.05) is 6.07 Å². The molecule has 0 aliphatic carbocycles. The first-order valence-corrected chi connectivity index (χ1v) is 6.81. The SMILES string of the molecule is CNCc1ccc2c(c1)N(C(=O)OC(C)(C)C)CCO2. The summed E-state index contributed by atoms with van der Waals surface area (Å²) in [4.78, 5) is 13.9. The van der Waals surface area contributed by atoms with Crippen LogP contribution in [0.15, 0.2) is 18.2 Å². The highest BCUT2D eigenvalue weighted by Gasteiger charge is 2.28. The summed E-state index contributed by atoms with van der Waals surface area (Å²) in [5.41, 5.74) is 1.38. The van der Waals surface area contributed by atoms with Crippen molar-refractivity contribution in [2.45, 2.75) is 32.9 Å². The van der Waals surface area contributed by atoms with Gasteiger partial charge in [0.05, 0.1) is 12.2 Å². The van der Waals surface area contributed by atoms with E-state index in [1.165, 1.54) is 0 Å². The van der Waals surface area contributed by atoms with Gasteiger partial charge in [0, 0.05) is 6.54 Å². The monoisotopic (exact) mass is 278 g/mol. The van der Waals surface area contributed by atoms with Gasteiger partial charge in [-0.2, -0.15) is 0 Å². The molecule has 0 spiro atoms. The smallest absolute Gasteiger partial charge is 0.415 e. The molecule has 1 amide bonds. The van der Waals surface area contributed by atoms with Gasteiger partial charge in [0.2, 0.25) is 0 Å². The third-order valence-electron chi connectivity index (χ3n) is 2.88. The van der Waals surface area contributed by atoms with Crippen LogP contribution in [-0.2, 0) is 11.3 Å². The number of fused-ring (bicyclic) bond motifs is 1. The molecule has 1 aromatic carbocycles. The molecule has 2 rings (SSSR count). The van der Waals surface area contributed by atoms with Crippen LogP contribution >= 0.6 is 0 Å². The molecule has 0 unspecified atom stereocenters. The Morgan fingerprint density at radius 3 is 2.85 bits per heavy atom. The van der Waals surface area contributed by atoms with Gasteiger partial charge in [-0.3, -0.25) is 4.90 Å². The van der Waals surface area contributed by atoms with Gasteiger partial charge in [-0.25, -0.2) is 4.79 Å². The Labute approximate surface area is 119 Å². The van der Waals surface area contributed by atoms with Crippen LogP contribution in [0, 0.1) is 0 Å². The molecule has 0 atom stereocenters. The van der Waals surface area contributed by atoms with E-state index >= 15 is 0 Å². The van der Waals surface area contributed by atoms with Crippen molar-refractivity contribution in [3.63, 3.8) is 0 Å². The van der Waals surface area contributed by atoms with Crippen LogP contribution in [0.4, 0.5) is 10.5 Å². The predicted molar refractivity (Wildman–Crippen MR) is 78.3 cm³/mol. The van der Waals surface area contributed by atoms with Crippen molar-refractivity contribution >= 4 is 11.8 Å². The van der Waals surface area contributed by atoms with Gasteiger partial charge >= 0.3 is 6.09 Å². The molecule has 1 aromatic rings. The summed E-state index contributed by atoms with van der Waals surface area (Å²) >= 11 is 0. The molecule has 0 radical (unpaired) electrons. The van der Waals surface area contributed by atoms with Crippen molar-refractivity contribution in [2.24, 2.45) is 0 Å². The van der Waals surface area contributed by atoms with E-state index in [-0.39, 0.29) is 6.09 Å². The van der Waals surface area contributed by atoms with Crippen molar-refractivity contribution in [3.05, 3.63) is 23.8 Å². The molecule has 110 valence electrons. The average Bonchev–Trinajstić information content (AvgIpc) is 2.36. The normalized spacial score (nSPS) is 14.5. The van der Waals surface area contributed by atoms with Crippen LogP contribution in [0.1, 0.15) is 26.3 Å². The second-order valence-electron chi connectivity index (χ2n) is 5.81. The third kappa shape index (κ3) is 3.42. The van der Waals surface area contributed by atoms with E-state index in [0.29, 0.717) is 13.2 Å². The van der Waals surface area contributed by atoms with Gasteiger partial charge < -0.3 is 14.8 Å². The predicted octanol–water partition coefficient (Wildman–Crippen LogP) is 2.54. The molecule has 20 heavy (non-hydrogen) atoms. The topological polar surface area (TPSA) is 50.8 Å². The molecule has 0 aromatic heterocycles. The molecule has 1 N–H and O–H groups in total. The zero-order chi connectivity index (χ0) is 14.8. The van der Waals surface area contributed by atoms with E-state index in [0.717, 1.165) is 23.5 Å². The zero-order valence-corrected chi connectivity index (χ0v) is 12.5. The minimum absolute atomic E-state index is 0.330. The summed E-state index contributed by atoms with van der Waals surface area (Å²) in [5.74, 6) is 0.724. The number of rotatable bonds is 2. The first-order valence-electron chi connectivity index (χ1n) is 6.81. The van der Waals surface area contributed by atoms with Crippen molar-refractivity contribution in [1.29, 1.82) is 0 Å². The number of hydrogen-bond acceptors (Lipinski definition) is 4. The number of carbonyl (C=O) groups is 1. The summed E-state index contributed by atoms with van der Waals surface area (Å²) in [6.07, 6.45) is -0.330. The van der Waals surface area contributed by atoms with Crippen LogP contribution in [0.3, 0.4) is 0 Å². The average molecular weight is 278 g/mol. The lowest BCUT2D eigenvalue weighted by atomic mass is 10.1. The van der Waals surface area contributed by atoms with E-state index in [9.17, 15) is 4.79 Å². The number of nitrogens with one attached hydrogen (secondary N) is 1. The van der Waals surface area contributed by atoms with E-state index in [1.54, 1.807) is 4.90 Å². The number of amides is 1. The molecular weight excluding hydrogens is 256 g/mol. The minimum Gasteiger partial charge on any atom is -0.490 e. The summed E-state index contributed by atoms with van der Waals surface area (Å²) < 4.78 is 11.0. The Morgan fingerprint density at radius 1 is 1.45 bits per heavy atom. The first-order chi connectivity index (χ1) is 9.40. The van der Waals surface area contributed by atoms with Crippen molar-refractivity contribution in [1.82, 2.24) is 5.32 Å². The van der Waals surface area contributed by atoms with Crippen LogP contribution in [-0.4, -0.2) is 31.9 Å². The van der Waals surface area contributed by atoms with Crippen LogP contribution < -0.4 is 15.0 Å². The molecule has 0 saturated carbocycles. The Balaban J connectivity index is 2.26. The van der Waals surface area contributed by atoms with E-state index in [2.05, 4.69) is 5.32 Å². The molecule has 5 nitrogen and oxygen atoms in total. The van der Waals surface area contributed by atoms with E-state index in [1.807, 2.05) is 46.0 Å². The third-order valence-corrected chi connectivity index (χ3v) is 2.88. The highest BCUT2D eigenvalue weighted by molar-refractivity contribution is 5.90. The summed E-state index contributed by atoms with van der Waals surface area (Å²) in [5, 5.41) is 3.10. The summed E-state index contributed by atoms with van der Waals surface area (Å²) in [7, 11) is 1.89. The van der Waals surface area contributed by atoms with Crippen LogP contribution in [0.5, 0.6) is 5.75 Å². The van der Waals surface area contributed by atoms with Crippen molar-refractivity contribution in [2.75, 3.05) is 25.1 Å². The lowest BCUT2D eigenvalue weighted by Gasteiger charge is -2.31. The Morgan fingerprint density at radius 2 is 2.20 bits per heavy atom. The van der Waals surface area contributed by atoms with Gasteiger partial charge in [-0.15, -0.1) is 0 Å². The molecule has 0 bridgehead atoms. The number of nitrogens with zero attached hydrogens (tertiary/aromatic N) is 1. The van der Waals surface area contributed by atoms with Gasteiger partial charge in [-0.05, 0) is 45.5 Å². The molecule has 0 saturated heterocycles.